The van der Waals surface area contributed by atoms with Crippen LogP contribution in [-0.4, -0.2) is 29.9 Å². The number of benzene rings is 1. The molecule has 2 atom stereocenters. The van der Waals surface area contributed by atoms with E-state index in [0.29, 0.717) is 31.1 Å². The van der Waals surface area contributed by atoms with Gasteiger partial charge in [-0.3, -0.25) is 0 Å². The molecule has 4 heteroatoms. The number of halogens is 1. The molecule has 106 valence electrons. The summed E-state index contributed by atoms with van der Waals surface area (Å²) in [6.07, 6.45) is 1.00. The van der Waals surface area contributed by atoms with Crippen LogP contribution in [0, 0.1) is 11.7 Å². The molecule has 2 rings (SSSR count). The fourth-order valence-corrected chi connectivity index (χ4v) is 2.69. The average molecular weight is 267 g/mol. The standard InChI is InChI=1S/C15H22FNO2/c1-11(2)9-15(18)6-7-17-10-14(15)19-13-5-3-4-12(16)8-13/h3-5,8,11,14,17-18H,6-7,9-10H2,1-2H3/t14-,15+/m0/s1. The zero-order valence-electron chi connectivity index (χ0n) is 11.5. The Kier molecular flexibility index (Phi) is 4.42. The minimum atomic E-state index is -0.842. The molecule has 2 N–H and O–H groups in total. The van der Waals surface area contributed by atoms with Crippen molar-refractivity contribution in [3.63, 3.8) is 0 Å². The van der Waals surface area contributed by atoms with Crippen LogP contribution in [0.25, 0.3) is 0 Å². The smallest absolute Gasteiger partial charge is 0.140 e. The largest absolute Gasteiger partial charge is 0.486 e. The molecule has 1 aliphatic heterocycles. The molecular weight excluding hydrogens is 245 g/mol. The van der Waals surface area contributed by atoms with E-state index < -0.39 is 5.60 Å². The molecule has 1 aromatic carbocycles. The van der Waals surface area contributed by atoms with E-state index in [0.717, 1.165) is 6.54 Å². The summed E-state index contributed by atoms with van der Waals surface area (Å²) in [6.45, 7) is 5.53. The third kappa shape index (κ3) is 3.67. The van der Waals surface area contributed by atoms with Crippen LogP contribution in [0.15, 0.2) is 24.3 Å². The van der Waals surface area contributed by atoms with E-state index in [1.165, 1.54) is 12.1 Å². The topological polar surface area (TPSA) is 41.5 Å². The Labute approximate surface area is 113 Å². The number of rotatable bonds is 4. The summed E-state index contributed by atoms with van der Waals surface area (Å²) >= 11 is 0. The van der Waals surface area contributed by atoms with Gasteiger partial charge < -0.3 is 15.2 Å². The molecule has 0 spiro atoms. The van der Waals surface area contributed by atoms with Gasteiger partial charge in [0.05, 0.1) is 0 Å². The van der Waals surface area contributed by atoms with Crippen LogP contribution in [0.5, 0.6) is 5.75 Å². The van der Waals surface area contributed by atoms with Gasteiger partial charge in [0.1, 0.15) is 23.3 Å². The predicted octanol–water partition coefficient (Wildman–Crippen LogP) is 2.34. The molecule has 0 amide bonds. The van der Waals surface area contributed by atoms with Crippen LogP contribution in [-0.2, 0) is 0 Å². The highest BCUT2D eigenvalue weighted by atomic mass is 19.1. The normalized spacial score (nSPS) is 27.5. The number of hydrogen-bond donors (Lipinski definition) is 2. The SMILES string of the molecule is CC(C)C[C@]1(O)CCNC[C@@H]1Oc1cccc(F)c1. The van der Waals surface area contributed by atoms with Gasteiger partial charge in [0, 0.05) is 12.6 Å². The lowest BCUT2D eigenvalue weighted by Crippen LogP contribution is -2.57. The second-order valence-electron chi connectivity index (χ2n) is 5.72. The molecular formula is C15H22FNO2. The Morgan fingerprint density at radius 3 is 3.00 bits per heavy atom. The number of hydrogen-bond acceptors (Lipinski definition) is 3. The number of ether oxygens (including phenoxy) is 1. The fraction of sp³-hybridized carbons (Fsp3) is 0.600. The molecule has 3 nitrogen and oxygen atoms in total. The van der Waals surface area contributed by atoms with Gasteiger partial charge in [-0.05, 0) is 37.4 Å². The molecule has 0 radical (unpaired) electrons. The van der Waals surface area contributed by atoms with E-state index in [4.69, 9.17) is 4.74 Å². The molecule has 1 aromatic rings. The van der Waals surface area contributed by atoms with Crippen LogP contribution in [0.4, 0.5) is 4.39 Å². The lowest BCUT2D eigenvalue weighted by atomic mass is 9.82. The van der Waals surface area contributed by atoms with Crippen molar-refractivity contribution in [3.05, 3.63) is 30.1 Å². The summed E-state index contributed by atoms with van der Waals surface area (Å²) in [7, 11) is 0. The van der Waals surface area contributed by atoms with Crippen LogP contribution in [0.1, 0.15) is 26.7 Å². The van der Waals surface area contributed by atoms with E-state index in [1.54, 1.807) is 12.1 Å². The Balaban J connectivity index is 2.11. The first-order valence-electron chi connectivity index (χ1n) is 6.85. The van der Waals surface area contributed by atoms with Crippen LogP contribution < -0.4 is 10.1 Å². The third-order valence-electron chi connectivity index (χ3n) is 3.50. The second-order valence-corrected chi connectivity index (χ2v) is 5.72. The molecule has 0 aliphatic carbocycles. The zero-order chi connectivity index (χ0) is 13.9. The predicted molar refractivity (Wildman–Crippen MR) is 72.7 cm³/mol. The van der Waals surface area contributed by atoms with Crippen molar-refractivity contribution in [1.82, 2.24) is 5.32 Å². The Morgan fingerprint density at radius 2 is 2.32 bits per heavy atom. The van der Waals surface area contributed by atoms with E-state index >= 15 is 0 Å². The number of aliphatic hydroxyl groups is 1. The minimum absolute atomic E-state index is 0.325. The number of piperidine rings is 1. The van der Waals surface area contributed by atoms with Gasteiger partial charge in [-0.25, -0.2) is 4.39 Å². The Bertz CT molecular complexity index is 424. The summed E-state index contributed by atoms with van der Waals surface area (Å²) in [6, 6.07) is 6.06. The van der Waals surface area contributed by atoms with Gasteiger partial charge in [-0.15, -0.1) is 0 Å². The average Bonchev–Trinajstić information content (AvgIpc) is 2.31. The second kappa shape index (κ2) is 5.88. The monoisotopic (exact) mass is 267 g/mol. The van der Waals surface area contributed by atoms with E-state index in [9.17, 15) is 9.50 Å². The van der Waals surface area contributed by atoms with E-state index in [2.05, 4.69) is 19.2 Å². The fourth-order valence-electron chi connectivity index (χ4n) is 2.69. The molecule has 19 heavy (non-hydrogen) atoms. The zero-order valence-corrected chi connectivity index (χ0v) is 11.5. The summed E-state index contributed by atoms with van der Waals surface area (Å²) in [5, 5.41) is 14.0. The summed E-state index contributed by atoms with van der Waals surface area (Å²) in [5.41, 5.74) is -0.842. The molecule has 0 saturated carbocycles. The maximum atomic E-state index is 13.2. The molecule has 0 bridgehead atoms. The molecule has 0 aromatic heterocycles. The maximum absolute atomic E-state index is 13.2. The quantitative estimate of drug-likeness (QED) is 0.880. The summed E-state index contributed by atoms with van der Waals surface area (Å²) in [5.74, 6) is 0.534. The van der Waals surface area contributed by atoms with Gasteiger partial charge in [0.25, 0.3) is 0 Å². The van der Waals surface area contributed by atoms with Gasteiger partial charge in [-0.1, -0.05) is 19.9 Å². The third-order valence-corrected chi connectivity index (χ3v) is 3.50. The lowest BCUT2D eigenvalue weighted by Gasteiger charge is -2.41. The summed E-state index contributed by atoms with van der Waals surface area (Å²) in [4.78, 5) is 0. The molecule has 1 fully saturated rings. The van der Waals surface area contributed by atoms with Crippen molar-refractivity contribution in [2.24, 2.45) is 5.92 Å². The van der Waals surface area contributed by atoms with Crippen molar-refractivity contribution in [2.75, 3.05) is 13.1 Å². The van der Waals surface area contributed by atoms with Crippen LogP contribution >= 0.6 is 0 Å². The highest BCUT2D eigenvalue weighted by molar-refractivity contribution is 5.23. The van der Waals surface area contributed by atoms with Crippen molar-refractivity contribution >= 4 is 0 Å². The molecule has 1 aliphatic rings. The Hall–Kier alpha value is -1.13. The van der Waals surface area contributed by atoms with Gasteiger partial charge in [0.15, 0.2) is 0 Å². The van der Waals surface area contributed by atoms with Crippen molar-refractivity contribution in [3.8, 4) is 5.75 Å². The molecule has 1 saturated heterocycles. The highest BCUT2D eigenvalue weighted by Crippen LogP contribution is 2.30. The van der Waals surface area contributed by atoms with Crippen molar-refractivity contribution in [2.45, 2.75) is 38.4 Å². The van der Waals surface area contributed by atoms with Gasteiger partial charge in [-0.2, -0.15) is 0 Å². The van der Waals surface area contributed by atoms with E-state index in [-0.39, 0.29) is 11.9 Å². The molecule has 0 unspecified atom stereocenters. The van der Waals surface area contributed by atoms with Crippen molar-refractivity contribution < 1.29 is 14.2 Å². The van der Waals surface area contributed by atoms with Crippen LogP contribution in [0.3, 0.4) is 0 Å². The van der Waals surface area contributed by atoms with E-state index in [1.807, 2.05) is 0 Å². The van der Waals surface area contributed by atoms with Gasteiger partial charge in [0.2, 0.25) is 0 Å². The first-order chi connectivity index (χ1) is 8.99. The van der Waals surface area contributed by atoms with Gasteiger partial charge >= 0.3 is 0 Å². The first kappa shape index (κ1) is 14.3. The van der Waals surface area contributed by atoms with Crippen molar-refractivity contribution in [1.29, 1.82) is 0 Å². The molecule has 1 heterocycles. The van der Waals surface area contributed by atoms with Crippen LogP contribution in [0.2, 0.25) is 0 Å². The number of nitrogens with one attached hydrogen (secondary N) is 1. The highest BCUT2D eigenvalue weighted by Gasteiger charge is 2.41. The minimum Gasteiger partial charge on any atom is -0.486 e. The Morgan fingerprint density at radius 1 is 1.53 bits per heavy atom. The maximum Gasteiger partial charge on any atom is 0.140 e. The first-order valence-corrected chi connectivity index (χ1v) is 6.85. The lowest BCUT2D eigenvalue weighted by molar-refractivity contribution is -0.0916. The summed E-state index contributed by atoms with van der Waals surface area (Å²) < 4.78 is 19.0.